The van der Waals surface area contributed by atoms with E-state index in [2.05, 4.69) is 31.8 Å². The monoisotopic (exact) mass is 479 g/mol. The van der Waals surface area contributed by atoms with Gasteiger partial charge in [0.1, 0.15) is 11.8 Å². The fourth-order valence-corrected chi connectivity index (χ4v) is 3.14. The van der Waals surface area contributed by atoms with Gasteiger partial charge in [0.05, 0.1) is 23.4 Å². The lowest BCUT2D eigenvalue weighted by Crippen LogP contribution is -2.48. The minimum Gasteiger partial charge on any atom is -0.493 e. The van der Waals surface area contributed by atoms with Crippen molar-refractivity contribution >= 4 is 45.6 Å². The maximum Gasteiger partial charge on any atom is 0.262 e. The van der Waals surface area contributed by atoms with Gasteiger partial charge in [0.25, 0.3) is 11.8 Å². The van der Waals surface area contributed by atoms with Gasteiger partial charge in [-0.05, 0) is 43.2 Å². The van der Waals surface area contributed by atoms with E-state index in [1.165, 1.54) is 6.21 Å². The minimum absolute atomic E-state index is 0.151. The summed E-state index contributed by atoms with van der Waals surface area (Å²) in [6, 6.07) is 11.4. The number of ether oxygens (including phenoxy) is 1. The van der Waals surface area contributed by atoms with Gasteiger partial charge in [-0.3, -0.25) is 9.59 Å². The van der Waals surface area contributed by atoms with Crippen molar-refractivity contribution < 1.29 is 14.3 Å². The lowest BCUT2D eigenvalue weighted by Gasteiger charge is -2.20. The van der Waals surface area contributed by atoms with Crippen LogP contribution in [0.3, 0.4) is 0 Å². The molecule has 0 fully saturated rings. The Morgan fingerprint density at radius 1 is 1.24 bits per heavy atom. The average Bonchev–Trinajstić information content (AvgIpc) is 2.68. The van der Waals surface area contributed by atoms with Crippen LogP contribution < -0.4 is 15.5 Å². The molecule has 8 heteroatoms. The third kappa shape index (κ3) is 6.58. The van der Waals surface area contributed by atoms with Crippen molar-refractivity contribution in [1.29, 1.82) is 0 Å². The Bertz CT molecular complexity index is 902. The molecule has 0 aliphatic heterocycles. The maximum atomic E-state index is 12.6. The third-order valence-electron chi connectivity index (χ3n) is 4.00. The highest BCUT2D eigenvalue weighted by atomic mass is 79.9. The number of hydrogen-bond donors (Lipinski definition) is 2. The van der Waals surface area contributed by atoms with Crippen molar-refractivity contribution in [3.8, 4) is 5.75 Å². The van der Waals surface area contributed by atoms with Gasteiger partial charge in [-0.25, -0.2) is 5.43 Å². The molecule has 0 aromatic heterocycles. The highest BCUT2D eigenvalue weighted by Crippen LogP contribution is 2.21. The Morgan fingerprint density at radius 3 is 2.62 bits per heavy atom. The molecule has 6 nitrogen and oxygen atoms in total. The van der Waals surface area contributed by atoms with Crippen LogP contribution >= 0.6 is 27.5 Å². The standard InChI is InChI=1S/C21H23BrClN3O3/c1-4-29-18-10-9-15(22)11-14(18)12-24-26-21(28)19(13(2)3)25-20(27)16-7-5-6-8-17(16)23/h5-13,19H,4H2,1-3H3,(H,25,27)(H,26,28)/b24-12+. The van der Waals surface area contributed by atoms with Crippen LogP contribution in [0, 0.1) is 5.92 Å². The van der Waals surface area contributed by atoms with E-state index in [0.29, 0.717) is 28.5 Å². The fraction of sp³-hybridized carbons (Fsp3) is 0.286. The zero-order chi connectivity index (χ0) is 21.4. The predicted octanol–water partition coefficient (Wildman–Crippen LogP) is 4.41. The number of nitrogens with zero attached hydrogens (tertiary/aromatic N) is 1. The molecule has 0 aliphatic rings. The molecule has 2 aromatic carbocycles. The van der Waals surface area contributed by atoms with Gasteiger partial charge >= 0.3 is 0 Å². The summed E-state index contributed by atoms with van der Waals surface area (Å²) < 4.78 is 6.42. The maximum absolute atomic E-state index is 12.6. The van der Waals surface area contributed by atoms with E-state index in [1.54, 1.807) is 24.3 Å². The van der Waals surface area contributed by atoms with Crippen LogP contribution in [0.15, 0.2) is 52.0 Å². The number of carbonyl (C=O) groups excluding carboxylic acids is 2. The van der Waals surface area contributed by atoms with Crippen molar-refractivity contribution in [2.24, 2.45) is 11.0 Å². The van der Waals surface area contributed by atoms with E-state index in [4.69, 9.17) is 16.3 Å². The second kappa shape index (κ2) is 11.0. The first-order valence-corrected chi connectivity index (χ1v) is 10.3. The normalized spacial score (nSPS) is 12.1. The van der Waals surface area contributed by atoms with Gasteiger partial charge in [0.2, 0.25) is 0 Å². The first-order chi connectivity index (χ1) is 13.8. The molecule has 0 heterocycles. The third-order valence-corrected chi connectivity index (χ3v) is 4.83. The second-order valence-electron chi connectivity index (χ2n) is 6.52. The molecule has 0 bridgehead atoms. The van der Waals surface area contributed by atoms with Crippen molar-refractivity contribution in [2.45, 2.75) is 26.8 Å². The fourth-order valence-electron chi connectivity index (χ4n) is 2.54. The lowest BCUT2D eigenvalue weighted by molar-refractivity contribution is -0.123. The van der Waals surface area contributed by atoms with Crippen LogP contribution in [-0.2, 0) is 4.79 Å². The van der Waals surface area contributed by atoms with Crippen LogP contribution in [0.1, 0.15) is 36.7 Å². The largest absolute Gasteiger partial charge is 0.493 e. The number of nitrogens with one attached hydrogen (secondary N) is 2. The lowest BCUT2D eigenvalue weighted by atomic mass is 10.0. The van der Waals surface area contributed by atoms with Crippen molar-refractivity contribution in [2.75, 3.05) is 6.61 Å². The quantitative estimate of drug-likeness (QED) is 0.434. The Balaban J connectivity index is 2.09. The first-order valence-electron chi connectivity index (χ1n) is 9.14. The summed E-state index contributed by atoms with van der Waals surface area (Å²) in [7, 11) is 0. The molecular weight excluding hydrogens is 458 g/mol. The van der Waals surface area contributed by atoms with E-state index >= 15 is 0 Å². The van der Waals surface area contributed by atoms with Crippen LogP contribution in [-0.4, -0.2) is 30.7 Å². The summed E-state index contributed by atoms with van der Waals surface area (Å²) in [6.45, 7) is 6.07. The molecule has 2 aromatic rings. The topological polar surface area (TPSA) is 79.8 Å². The van der Waals surface area contributed by atoms with E-state index < -0.39 is 17.9 Å². The highest BCUT2D eigenvalue weighted by molar-refractivity contribution is 9.10. The number of halogens is 2. The number of carbonyl (C=O) groups is 2. The number of amides is 2. The van der Waals surface area contributed by atoms with E-state index in [9.17, 15) is 9.59 Å². The highest BCUT2D eigenvalue weighted by Gasteiger charge is 2.25. The Kier molecular flexibility index (Phi) is 8.67. The molecule has 154 valence electrons. The number of hydrazone groups is 1. The van der Waals surface area contributed by atoms with Gasteiger partial charge in [-0.1, -0.05) is 53.5 Å². The first kappa shape index (κ1) is 22.9. The average molecular weight is 481 g/mol. The van der Waals surface area contributed by atoms with Crippen LogP contribution in [0.2, 0.25) is 5.02 Å². The molecule has 2 rings (SSSR count). The van der Waals surface area contributed by atoms with Crippen LogP contribution in [0.4, 0.5) is 0 Å². The second-order valence-corrected chi connectivity index (χ2v) is 7.85. The summed E-state index contributed by atoms with van der Waals surface area (Å²) >= 11 is 9.47. The molecule has 0 saturated carbocycles. The molecule has 2 N–H and O–H groups in total. The zero-order valence-corrected chi connectivity index (χ0v) is 18.8. The summed E-state index contributed by atoms with van der Waals surface area (Å²) in [5.41, 5.74) is 3.51. The molecule has 0 radical (unpaired) electrons. The summed E-state index contributed by atoms with van der Waals surface area (Å²) in [5.74, 6) is -0.341. The molecular formula is C21H23BrClN3O3. The number of benzene rings is 2. The van der Waals surface area contributed by atoms with Crippen LogP contribution in [0.25, 0.3) is 0 Å². The Morgan fingerprint density at radius 2 is 1.97 bits per heavy atom. The van der Waals surface area contributed by atoms with Gasteiger partial charge in [-0.15, -0.1) is 0 Å². The predicted molar refractivity (Wildman–Crippen MR) is 119 cm³/mol. The number of rotatable bonds is 8. The SMILES string of the molecule is CCOc1ccc(Br)cc1/C=N/NC(=O)C(NC(=O)c1ccccc1Cl)C(C)C. The molecule has 1 unspecified atom stereocenters. The summed E-state index contributed by atoms with van der Waals surface area (Å²) in [4.78, 5) is 25.1. The van der Waals surface area contributed by atoms with Gasteiger partial charge in [-0.2, -0.15) is 5.10 Å². The Labute approximate surface area is 183 Å². The molecule has 2 amide bonds. The molecule has 0 aliphatic carbocycles. The van der Waals surface area contributed by atoms with Gasteiger partial charge in [0.15, 0.2) is 0 Å². The smallest absolute Gasteiger partial charge is 0.262 e. The summed E-state index contributed by atoms with van der Waals surface area (Å²) in [5, 5.41) is 7.07. The van der Waals surface area contributed by atoms with E-state index in [-0.39, 0.29) is 5.92 Å². The van der Waals surface area contributed by atoms with Crippen molar-refractivity contribution in [1.82, 2.24) is 10.7 Å². The zero-order valence-electron chi connectivity index (χ0n) is 16.4. The molecule has 1 atom stereocenters. The van der Waals surface area contributed by atoms with Gasteiger partial charge < -0.3 is 10.1 Å². The van der Waals surface area contributed by atoms with Crippen LogP contribution in [0.5, 0.6) is 5.75 Å². The van der Waals surface area contributed by atoms with Crippen molar-refractivity contribution in [3.05, 3.63) is 63.1 Å². The molecule has 29 heavy (non-hydrogen) atoms. The van der Waals surface area contributed by atoms with E-state index in [1.807, 2.05) is 39.0 Å². The van der Waals surface area contributed by atoms with E-state index in [0.717, 1.165) is 4.47 Å². The minimum atomic E-state index is -0.773. The van der Waals surface area contributed by atoms with Gasteiger partial charge in [0, 0.05) is 10.0 Å². The Hall–Kier alpha value is -2.38. The van der Waals surface area contributed by atoms with Crippen molar-refractivity contribution in [3.63, 3.8) is 0 Å². The summed E-state index contributed by atoms with van der Waals surface area (Å²) in [6.07, 6.45) is 1.50. The molecule has 0 saturated heterocycles. The number of hydrogen-bond acceptors (Lipinski definition) is 4. The molecule has 0 spiro atoms.